The average Bonchev–Trinajstić information content (AvgIpc) is 3.16. The lowest BCUT2D eigenvalue weighted by molar-refractivity contribution is -0.143. The molecule has 8 heteroatoms. The Labute approximate surface area is 144 Å². The molecule has 0 unspecified atom stereocenters. The summed E-state index contributed by atoms with van der Waals surface area (Å²) in [5, 5.41) is 4.33. The molecule has 0 spiro atoms. The van der Waals surface area contributed by atoms with Gasteiger partial charge in [0.1, 0.15) is 11.2 Å². The molecular formula is C17H20N4O4. The average molecular weight is 344 g/mol. The van der Waals surface area contributed by atoms with Gasteiger partial charge >= 0.3 is 0 Å². The van der Waals surface area contributed by atoms with E-state index < -0.39 is 5.54 Å². The monoisotopic (exact) mass is 344 g/mol. The summed E-state index contributed by atoms with van der Waals surface area (Å²) in [6.45, 7) is 5.19. The second kappa shape index (κ2) is 6.54. The standard InChI is InChI=1S/C17H20N4O4/c1-17(2,16(24)20-9-7-19(12-22)8-10-20)21-15(23)6-5-13(18-21)14-4-3-11-25-14/h3-6,11-12H,7-10H2,1-2H3. The first-order valence-corrected chi connectivity index (χ1v) is 8.07. The summed E-state index contributed by atoms with van der Waals surface area (Å²) in [4.78, 5) is 39.4. The van der Waals surface area contributed by atoms with Crippen LogP contribution in [0.5, 0.6) is 0 Å². The van der Waals surface area contributed by atoms with Crippen LogP contribution in [0, 0.1) is 0 Å². The van der Waals surface area contributed by atoms with Gasteiger partial charge in [0, 0.05) is 32.2 Å². The van der Waals surface area contributed by atoms with Crippen LogP contribution < -0.4 is 5.56 Å². The first-order valence-electron chi connectivity index (χ1n) is 8.07. The van der Waals surface area contributed by atoms with E-state index in [1.54, 1.807) is 41.8 Å². The molecular weight excluding hydrogens is 324 g/mol. The Morgan fingerprint density at radius 2 is 1.92 bits per heavy atom. The third kappa shape index (κ3) is 3.19. The summed E-state index contributed by atoms with van der Waals surface area (Å²) in [6.07, 6.45) is 2.31. The van der Waals surface area contributed by atoms with Crippen molar-refractivity contribution in [2.45, 2.75) is 19.4 Å². The molecule has 1 aliphatic heterocycles. The highest BCUT2D eigenvalue weighted by Crippen LogP contribution is 2.20. The van der Waals surface area contributed by atoms with Crippen LogP contribution in [-0.4, -0.2) is 58.1 Å². The number of amides is 2. The van der Waals surface area contributed by atoms with Crippen LogP contribution in [0.1, 0.15) is 13.8 Å². The minimum Gasteiger partial charge on any atom is -0.463 e. The molecule has 0 radical (unpaired) electrons. The third-order valence-electron chi connectivity index (χ3n) is 4.38. The Hall–Kier alpha value is -2.90. The van der Waals surface area contributed by atoms with E-state index in [0.29, 0.717) is 37.6 Å². The van der Waals surface area contributed by atoms with Crippen LogP contribution in [0.4, 0.5) is 0 Å². The summed E-state index contributed by atoms with van der Waals surface area (Å²) in [6, 6.07) is 6.42. The van der Waals surface area contributed by atoms with Crippen molar-refractivity contribution in [3.63, 3.8) is 0 Å². The quantitative estimate of drug-likeness (QED) is 0.755. The summed E-state index contributed by atoms with van der Waals surface area (Å²) >= 11 is 0. The van der Waals surface area contributed by atoms with Crippen LogP contribution in [0.2, 0.25) is 0 Å². The van der Waals surface area contributed by atoms with E-state index in [1.807, 2.05) is 0 Å². The molecule has 2 aromatic rings. The van der Waals surface area contributed by atoms with Crippen molar-refractivity contribution in [1.82, 2.24) is 19.6 Å². The van der Waals surface area contributed by atoms with Crippen molar-refractivity contribution in [2.75, 3.05) is 26.2 Å². The maximum atomic E-state index is 13.0. The molecule has 25 heavy (non-hydrogen) atoms. The van der Waals surface area contributed by atoms with Gasteiger partial charge in [-0.3, -0.25) is 14.4 Å². The molecule has 0 aliphatic carbocycles. The van der Waals surface area contributed by atoms with Gasteiger partial charge in [0.2, 0.25) is 12.3 Å². The van der Waals surface area contributed by atoms with Gasteiger partial charge in [0.25, 0.3) is 5.56 Å². The Morgan fingerprint density at radius 3 is 2.52 bits per heavy atom. The smallest absolute Gasteiger partial charge is 0.267 e. The Balaban J connectivity index is 1.89. The van der Waals surface area contributed by atoms with Crippen LogP contribution in [-0.2, 0) is 15.1 Å². The third-order valence-corrected chi connectivity index (χ3v) is 4.38. The SMILES string of the molecule is CC(C)(C(=O)N1CCN(C=O)CC1)n1nc(-c2ccco2)ccc1=O. The lowest BCUT2D eigenvalue weighted by Crippen LogP contribution is -2.56. The summed E-state index contributed by atoms with van der Waals surface area (Å²) in [5.41, 5.74) is -1.03. The highest BCUT2D eigenvalue weighted by atomic mass is 16.3. The lowest BCUT2D eigenvalue weighted by atomic mass is 10.0. The van der Waals surface area contributed by atoms with Crippen LogP contribution in [0.15, 0.2) is 39.7 Å². The first-order chi connectivity index (χ1) is 11.9. The van der Waals surface area contributed by atoms with E-state index in [4.69, 9.17) is 4.42 Å². The molecule has 0 saturated carbocycles. The largest absolute Gasteiger partial charge is 0.463 e. The number of piperazine rings is 1. The molecule has 2 aromatic heterocycles. The van der Waals surface area contributed by atoms with Gasteiger partial charge in [-0.15, -0.1) is 0 Å². The number of rotatable bonds is 4. The molecule has 2 amide bonds. The van der Waals surface area contributed by atoms with Crippen LogP contribution in [0.25, 0.3) is 11.5 Å². The predicted octanol–water partition coefficient (Wildman–Crippen LogP) is 0.539. The zero-order chi connectivity index (χ0) is 18.0. The van der Waals surface area contributed by atoms with Gasteiger partial charge in [-0.1, -0.05) is 0 Å². The minimum absolute atomic E-state index is 0.204. The topological polar surface area (TPSA) is 88.7 Å². The lowest BCUT2D eigenvalue weighted by Gasteiger charge is -2.37. The molecule has 0 atom stereocenters. The number of hydrogen-bond donors (Lipinski definition) is 0. The van der Waals surface area contributed by atoms with Gasteiger partial charge in [0.15, 0.2) is 5.76 Å². The number of furan rings is 1. The Bertz CT molecular complexity index is 817. The highest BCUT2D eigenvalue weighted by Gasteiger charge is 2.37. The van der Waals surface area contributed by atoms with Gasteiger partial charge in [-0.05, 0) is 32.0 Å². The van der Waals surface area contributed by atoms with Crippen molar-refractivity contribution in [3.05, 3.63) is 40.9 Å². The highest BCUT2D eigenvalue weighted by molar-refractivity contribution is 5.83. The fourth-order valence-corrected chi connectivity index (χ4v) is 2.88. The first kappa shape index (κ1) is 16.9. The number of carbonyl (C=O) groups excluding carboxylic acids is 2. The van der Waals surface area contributed by atoms with Crippen molar-refractivity contribution in [3.8, 4) is 11.5 Å². The van der Waals surface area contributed by atoms with Crippen LogP contribution in [0.3, 0.4) is 0 Å². The van der Waals surface area contributed by atoms with E-state index in [9.17, 15) is 14.4 Å². The van der Waals surface area contributed by atoms with Gasteiger partial charge in [0.05, 0.1) is 6.26 Å². The van der Waals surface area contributed by atoms with E-state index in [1.165, 1.54) is 17.0 Å². The molecule has 3 rings (SSSR count). The maximum absolute atomic E-state index is 13.0. The van der Waals surface area contributed by atoms with E-state index >= 15 is 0 Å². The van der Waals surface area contributed by atoms with E-state index in [0.717, 1.165) is 6.41 Å². The summed E-state index contributed by atoms with van der Waals surface area (Å²) < 4.78 is 6.51. The molecule has 8 nitrogen and oxygen atoms in total. The van der Waals surface area contributed by atoms with E-state index in [2.05, 4.69) is 5.10 Å². The summed E-state index contributed by atoms with van der Waals surface area (Å²) in [5.74, 6) is 0.320. The fraction of sp³-hybridized carbons (Fsp3) is 0.412. The van der Waals surface area contributed by atoms with Crippen LogP contribution >= 0.6 is 0 Å². The number of hydrogen-bond acceptors (Lipinski definition) is 5. The minimum atomic E-state index is -1.15. The fourth-order valence-electron chi connectivity index (χ4n) is 2.88. The molecule has 0 aromatic carbocycles. The van der Waals surface area contributed by atoms with Crippen molar-refractivity contribution < 1.29 is 14.0 Å². The number of carbonyl (C=O) groups is 2. The van der Waals surface area contributed by atoms with Gasteiger partial charge < -0.3 is 14.2 Å². The maximum Gasteiger partial charge on any atom is 0.267 e. The molecule has 1 fully saturated rings. The van der Waals surface area contributed by atoms with Gasteiger partial charge in [-0.25, -0.2) is 4.68 Å². The summed E-state index contributed by atoms with van der Waals surface area (Å²) in [7, 11) is 0. The molecule has 0 N–H and O–H groups in total. The molecule has 3 heterocycles. The number of nitrogens with zero attached hydrogens (tertiary/aromatic N) is 4. The Kier molecular flexibility index (Phi) is 4.43. The molecule has 1 aliphatic rings. The molecule has 0 bridgehead atoms. The predicted molar refractivity (Wildman–Crippen MR) is 89.7 cm³/mol. The zero-order valence-electron chi connectivity index (χ0n) is 14.2. The zero-order valence-corrected chi connectivity index (χ0v) is 14.2. The molecule has 132 valence electrons. The Morgan fingerprint density at radius 1 is 1.20 bits per heavy atom. The second-order valence-corrected chi connectivity index (χ2v) is 6.44. The number of aromatic nitrogens is 2. The second-order valence-electron chi connectivity index (χ2n) is 6.44. The van der Waals surface area contributed by atoms with E-state index in [-0.39, 0.29) is 11.5 Å². The van der Waals surface area contributed by atoms with Crippen molar-refractivity contribution in [2.24, 2.45) is 0 Å². The van der Waals surface area contributed by atoms with Crippen molar-refractivity contribution >= 4 is 12.3 Å². The normalized spacial score (nSPS) is 15.3. The molecule has 1 saturated heterocycles. The van der Waals surface area contributed by atoms with Crippen molar-refractivity contribution in [1.29, 1.82) is 0 Å². The van der Waals surface area contributed by atoms with Gasteiger partial charge in [-0.2, -0.15) is 5.10 Å².